The van der Waals surface area contributed by atoms with Crippen LogP contribution in [-0.2, 0) is 9.59 Å². The van der Waals surface area contributed by atoms with Gasteiger partial charge in [-0.25, -0.2) is 0 Å². The molecule has 0 radical (unpaired) electrons. The molecule has 2 N–H and O–H groups in total. The molecule has 0 saturated heterocycles. The quantitative estimate of drug-likeness (QED) is 0.276. The molecule has 6 nitrogen and oxygen atoms in total. The fourth-order valence-corrected chi connectivity index (χ4v) is 4.67. The van der Waals surface area contributed by atoms with Crippen molar-refractivity contribution in [3.8, 4) is 0 Å². The highest BCUT2D eigenvalue weighted by atomic mass is 32.2. The summed E-state index contributed by atoms with van der Waals surface area (Å²) < 4.78 is 0. The zero-order chi connectivity index (χ0) is 26.4. The van der Waals surface area contributed by atoms with E-state index in [1.807, 2.05) is 12.1 Å². The fourth-order valence-electron chi connectivity index (χ4n) is 3.77. The molecule has 37 heavy (non-hydrogen) atoms. The van der Waals surface area contributed by atoms with E-state index < -0.39 is 0 Å². The average molecular weight is 509 g/mol. The molecule has 2 amide bonds. The Balaban J connectivity index is 1.71. The number of ketones is 2. The van der Waals surface area contributed by atoms with Crippen molar-refractivity contribution in [2.24, 2.45) is 0 Å². The van der Waals surface area contributed by atoms with Crippen LogP contribution in [0.15, 0.2) is 107 Å². The molecule has 0 saturated carbocycles. The van der Waals surface area contributed by atoms with E-state index in [1.54, 1.807) is 84.9 Å². The third-order valence-corrected chi connectivity index (χ3v) is 6.38. The third kappa shape index (κ3) is 6.39. The van der Waals surface area contributed by atoms with Crippen LogP contribution in [0.4, 0.5) is 11.4 Å². The van der Waals surface area contributed by atoms with Gasteiger partial charge in [0.15, 0.2) is 11.6 Å². The van der Waals surface area contributed by atoms with Crippen molar-refractivity contribution in [2.75, 3.05) is 10.6 Å². The summed E-state index contributed by atoms with van der Waals surface area (Å²) in [5, 5.41) is 5.46. The highest BCUT2D eigenvalue weighted by Gasteiger charge is 2.18. The lowest BCUT2D eigenvalue weighted by molar-refractivity contribution is -0.115. The van der Waals surface area contributed by atoms with Crippen molar-refractivity contribution in [2.45, 2.75) is 23.6 Å². The molecule has 4 rings (SSSR count). The van der Waals surface area contributed by atoms with E-state index in [4.69, 9.17) is 0 Å². The highest BCUT2D eigenvalue weighted by Crippen LogP contribution is 2.34. The lowest BCUT2D eigenvalue weighted by Crippen LogP contribution is -2.12. The van der Waals surface area contributed by atoms with Gasteiger partial charge in [0.05, 0.1) is 11.4 Å². The average Bonchev–Trinajstić information content (AvgIpc) is 2.90. The summed E-state index contributed by atoms with van der Waals surface area (Å²) in [5.74, 6) is -0.985. The van der Waals surface area contributed by atoms with Crippen LogP contribution in [-0.4, -0.2) is 23.4 Å². The van der Waals surface area contributed by atoms with Gasteiger partial charge in [0.1, 0.15) is 0 Å². The lowest BCUT2D eigenvalue weighted by Gasteiger charge is -2.14. The maximum absolute atomic E-state index is 13.3. The molecular formula is C30H24N2O4S. The van der Waals surface area contributed by atoms with Crippen LogP contribution in [0.25, 0.3) is 0 Å². The summed E-state index contributed by atoms with van der Waals surface area (Å²) in [5.41, 5.74) is 2.58. The van der Waals surface area contributed by atoms with Crippen molar-refractivity contribution in [1.82, 2.24) is 0 Å². The van der Waals surface area contributed by atoms with Gasteiger partial charge in [-0.3, -0.25) is 19.2 Å². The molecule has 184 valence electrons. The predicted molar refractivity (Wildman–Crippen MR) is 145 cm³/mol. The first-order valence-electron chi connectivity index (χ1n) is 11.5. The Labute approximate surface area is 219 Å². The van der Waals surface area contributed by atoms with E-state index in [-0.39, 0.29) is 23.4 Å². The van der Waals surface area contributed by atoms with Gasteiger partial charge in [0.2, 0.25) is 11.8 Å². The number of rotatable bonds is 8. The summed E-state index contributed by atoms with van der Waals surface area (Å²) in [4.78, 5) is 51.5. The van der Waals surface area contributed by atoms with E-state index in [9.17, 15) is 19.2 Å². The van der Waals surface area contributed by atoms with Gasteiger partial charge < -0.3 is 10.6 Å². The summed E-state index contributed by atoms with van der Waals surface area (Å²) >= 11 is 1.37. The van der Waals surface area contributed by atoms with E-state index in [2.05, 4.69) is 10.6 Å². The van der Waals surface area contributed by atoms with Gasteiger partial charge in [-0.15, -0.1) is 0 Å². The summed E-state index contributed by atoms with van der Waals surface area (Å²) in [7, 11) is 0. The minimum Gasteiger partial charge on any atom is -0.326 e. The molecule has 4 aromatic rings. The van der Waals surface area contributed by atoms with Crippen LogP contribution in [0.2, 0.25) is 0 Å². The number of hydrogen-bond donors (Lipinski definition) is 2. The van der Waals surface area contributed by atoms with Crippen LogP contribution in [0.5, 0.6) is 0 Å². The monoisotopic (exact) mass is 508 g/mol. The minimum atomic E-state index is -0.278. The molecule has 0 aliphatic rings. The van der Waals surface area contributed by atoms with Crippen molar-refractivity contribution < 1.29 is 19.2 Å². The number of carbonyl (C=O) groups is 4. The van der Waals surface area contributed by atoms with Gasteiger partial charge in [0, 0.05) is 45.9 Å². The van der Waals surface area contributed by atoms with E-state index in [0.717, 1.165) is 9.79 Å². The lowest BCUT2D eigenvalue weighted by atomic mass is 10.0. The molecule has 0 bridgehead atoms. The predicted octanol–water partition coefficient (Wildman–Crippen LogP) is 6.22. The van der Waals surface area contributed by atoms with E-state index in [0.29, 0.717) is 33.6 Å². The summed E-state index contributed by atoms with van der Waals surface area (Å²) in [6.45, 7) is 2.78. The molecule has 0 atom stereocenters. The summed E-state index contributed by atoms with van der Waals surface area (Å²) in [6, 6.07) is 28.1. The standard InChI is InChI=1S/C30H24N2O4S/c1-19(33)31-27-15-13-23(17-25(27)29(35)21-9-5-3-6-10-21)37-24-14-16-28(32-20(2)34)26(18-24)30(36)22-11-7-4-8-12-22/h3-18H,1-2H3,(H,31,33)(H,32,34). The van der Waals surface area contributed by atoms with Gasteiger partial charge in [0.25, 0.3) is 0 Å². The van der Waals surface area contributed by atoms with Crippen LogP contribution in [0.3, 0.4) is 0 Å². The Kier molecular flexibility index (Phi) is 7.95. The maximum atomic E-state index is 13.3. The second-order valence-electron chi connectivity index (χ2n) is 8.27. The number of hydrogen-bond acceptors (Lipinski definition) is 5. The van der Waals surface area contributed by atoms with Crippen LogP contribution in [0, 0.1) is 0 Å². The van der Waals surface area contributed by atoms with Crippen molar-refractivity contribution in [3.05, 3.63) is 119 Å². The number of nitrogens with one attached hydrogen (secondary N) is 2. The summed E-state index contributed by atoms with van der Waals surface area (Å²) in [6.07, 6.45) is 0. The number of anilines is 2. The minimum absolute atomic E-state index is 0.215. The molecule has 7 heteroatoms. The topological polar surface area (TPSA) is 92.3 Å². The number of amides is 2. The van der Waals surface area contributed by atoms with Gasteiger partial charge in [-0.05, 0) is 36.4 Å². The molecule has 0 unspecified atom stereocenters. The van der Waals surface area contributed by atoms with Crippen LogP contribution < -0.4 is 10.6 Å². The first kappa shape index (κ1) is 25.6. The molecule has 0 aliphatic carbocycles. The Morgan fingerprint density at radius 1 is 0.541 bits per heavy atom. The van der Waals surface area contributed by atoms with Crippen LogP contribution >= 0.6 is 11.8 Å². The Hall–Kier alpha value is -4.49. The van der Waals surface area contributed by atoms with E-state index >= 15 is 0 Å². The number of benzene rings is 4. The second kappa shape index (κ2) is 11.5. The highest BCUT2D eigenvalue weighted by molar-refractivity contribution is 7.99. The number of carbonyl (C=O) groups excluding carboxylic acids is 4. The Morgan fingerprint density at radius 2 is 0.919 bits per heavy atom. The largest absolute Gasteiger partial charge is 0.326 e. The smallest absolute Gasteiger partial charge is 0.221 e. The third-order valence-electron chi connectivity index (χ3n) is 5.40. The van der Waals surface area contributed by atoms with Crippen LogP contribution in [0.1, 0.15) is 45.7 Å². The molecule has 0 spiro atoms. The fraction of sp³-hybridized carbons (Fsp3) is 0.0667. The maximum Gasteiger partial charge on any atom is 0.221 e. The molecule has 0 aliphatic heterocycles. The first-order chi connectivity index (χ1) is 17.8. The normalized spacial score (nSPS) is 10.4. The van der Waals surface area contributed by atoms with E-state index in [1.165, 1.54) is 25.6 Å². The zero-order valence-corrected chi connectivity index (χ0v) is 21.1. The molecule has 0 heterocycles. The molecular weight excluding hydrogens is 484 g/mol. The van der Waals surface area contributed by atoms with Crippen molar-refractivity contribution >= 4 is 46.5 Å². The second-order valence-corrected chi connectivity index (χ2v) is 9.42. The Morgan fingerprint density at radius 3 is 1.27 bits per heavy atom. The molecule has 0 fully saturated rings. The van der Waals surface area contributed by atoms with Gasteiger partial charge in [-0.2, -0.15) is 0 Å². The van der Waals surface area contributed by atoms with Crippen molar-refractivity contribution in [3.63, 3.8) is 0 Å². The Bertz CT molecular complexity index is 1370. The zero-order valence-electron chi connectivity index (χ0n) is 20.3. The van der Waals surface area contributed by atoms with Gasteiger partial charge >= 0.3 is 0 Å². The SMILES string of the molecule is CC(=O)Nc1ccc(Sc2ccc(NC(C)=O)c(C(=O)c3ccccc3)c2)cc1C(=O)c1ccccc1. The molecule has 4 aromatic carbocycles. The first-order valence-corrected chi connectivity index (χ1v) is 12.3. The molecule has 0 aromatic heterocycles. The van der Waals surface area contributed by atoms with Gasteiger partial charge in [-0.1, -0.05) is 72.4 Å². The van der Waals surface area contributed by atoms with Crippen molar-refractivity contribution in [1.29, 1.82) is 0 Å².